The van der Waals surface area contributed by atoms with Crippen molar-refractivity contribution in [1.29, 1.82) is 0 Å². The summed E-state index contributed by atoms with van der Waals surface area (Å²) in [6.45, 7) is 4.63. The number of hydrogen-bond acceptors (Lipinski definition) is 3. The number of ketones is 1. The number of carbonyl (C=O) groups is 1. The van der Waals surface area contributed by atoms with Crippen molar-refractivity contribution >= 4 is 16.7 Å². The average Bonchev–Trinajstić information content (AvgIpc) is 3.28. The maximum atomic E-state index is 12.6. The molecule has 2 aliphatic rings. The van der Waals surface area contributed by atoms with Gasteiger partial charge in [-0.1, -0.05) is 6.42 Å². The van der Waals surface area contributed by atoms with Gasteiger partial charge in [0.25, 0.3) is 0 Å². The molecule has 0 amide bonds. The van der Waals surface area contributed by atoms with Crippen molar-refractivity contribution in [3.05, 3.63) is 29.5 Å². The molecule has 0 saturated heterocycles. The molecule has 0 aliphatic heterocycles. The van der Waals surface area contributed by atoms with E-state index in [1.165, 1.54) is 32.1 Å². The molecule has 2 fully saturated rings. The Hall–Kier alpha value is -1.68. The van der Waals surface area contributed by atoms with E-state index in [0.717, 1.165) is 53.4 Å². The topological polar surface area (TPSA) is 44.1 Å². The highest BCUT2D eigenvalue weighted by Gasteiger charge is 2.21. The Morgan fingerprint density at radius 1 is 1.24 bits per heavy atom. The molecule has 2 saturated carbocycles. The van der Waals surface area contributed by atoms with Crippen LogP contribution >= 0.6 is 0 Å². The van der Waals surface area contributed by atoms with Crippen molar-refractivity contribution in [2.75, 3.05) is 13.2 Å². The third kappa shape index (κ3) is 3.95. The molecule has 1 aromatic carbocycles. The van der Waals surface area contributed by atoms with Crippen LogP contribution in [0.4, 0.5) is 0 Å². The van der Waals surface area contributed by atoms with E-state index < -0.39 is 0 Å². The summed E-state index contributed by atoms with van der Waals surface area (Å²) in [5, 5.41) is 5.81. The molecule has 25 heavy (non-hydrogen) atoms. The predicted octanol–water partition coefficient (Wildman–Crippen LogP) is 4.53. The number of aryl methyl sites for hydroxylation is 1. The average molecular weight is 340 g/mol. The molecule has 0 spiro atoms. The number of benzene rings is 1. The Bertz CT molecular complexity index is 757. The van der Waals surface area contributed by atoms with Crippen molar-refractivity contribution in [2.45, 2.75) is 58.4 Å². The number of fused-ring (bicyclic) bond motifs is 1. The Morgan fingerprint density at radius 3 is 2.80 bits per heavy atom. The van der Waals surface area contributed by atoms with Gasteiger partial charge in [-0.15, -0.1) is 0 Å². The summed E-state index contributed by atoms with van der Waals surface area (Å²) < 4.78 is 7.71. The van der Waals surface area contributed by atoms with Crippen molar-refractivity contribution in [3.63, 3.8) is 0 Å². The quantitative estimate of drug-likeness (QED) is 0.497. The fourth-order valence-electron chi connectivity index (χ4n) is 3.62. The lowest BCUT2D eigenvalue weighted by atomic mass is 9.85. The number of ether oxygens (including phenoxy) is 1. The molecule has 4 nitrogen and oxygen atoms in total. The number of rotatable bonds is 9. The van der Waals surface area contributed by atoms with E-state index in [1.54, 1.807) is 0 Å². The third-order valence-corrected chi connectivity index (χ3v) is 5.72. The summed E-state index contributed by atoms with van der Waals surface area (Å²) in [6.07, 6.45) is 10.1. The molecule has 2 aliphatic carbocycles. The van der Waals surface area contributed by atoms with Crippen molar-refractivity contribution in [2.24, 2.45) is 11.8 Å². The van der Waals surface area contributed by atoms with Gasteiger partial charge < -0.3 is 4.74 Å². The molecule has 2 aromatic rings. The Kier molecular flexibility index (Phi) is 4.89. The first kappa shape index (κ1) is 16.8. The second kappa shape index (κ2) is 7.28. The minimum Gasteiger partial charge on any atom is -0.381 e. The van der Waals surface area contributed by atoms with Gasteiger partial charge in [0.1, 0.15) is 0 Å². The number of hydrogen-bond donors (Lipinski definition) is 0. The molecule has 0 N–H and O–H groups in total. The van der Waals surface area contributed by atoms with Crippen LogP contribution in [0.3, 0.4) is 0 Å². The third-order valence-electron chi connectivity index (χ3n) is 5.72. The van der Waals surface area contributed by atoms with Crippen LogP contribution < -0.4 is 0 Å². The maximum absolute atomic E-state index is 12.6. The van der Waals surface area contributed by atoms with Gasteiger partial charge in [0.05, 0.1) is 5.52 Å². The van der Waals surface area contributed by atoms with Gasteiger partial charge in [-0.2, -0.15) is 5.10 Å². The summed E-state index contributed by atoms with van der Waals surface area (Å²) in [4.78, 5) is 12.6. The fourth-order valence-corrected chi connectivity index (χ4v) is 3.62. The summed E-state index contributed by atoms with van der Waals surface area (Å²) in [7, 11) is 0. The van der Waals surface area contributed by atoms with Crippen LogP contribution in [-0.2, 0) is 11.3 Å². The first-order valence-electron chi connectivity index (χ1n) is 9.78. The minimum atomic E-state index is 0.223. The largest absolute Gasteiger partial charge is 0.381 e. The Labute approximate surface area is 149 Å². The fraction of sp³-hybridized carbons (Fsp3) is 0.619. The lowest BCUT2D eigenvalue weighted by molar-refractivity contribution is 0.0926. The number of nitrogens with zero attached hydrogens (tertiary/aromatic N) is 2. The number of aromatic nitrogens is 2. The predicted molar refractivity (Wildman–Crippen MR) is 98.9 cm³/mol. The Balaban J connectivity index is 1.37. The van der Waals surface area contributed by atoms with Crippen LogP contribution in [0.25, 0.3) is 10.9 Å². The maximum Gasteiger partial charge on any atom is 0.163 e. The molecule has 0 radical (unpaired) electrons. The van der Waals surface area contributed by atoms with Gasteiger partial charge in [0.15, 0.2) is 5.78 Å². The van der Waals surface area contributed by atoms with E-state index in [4.69, 9.17) is 9.84 Å². The number of Topliss-reactive ketones (excluding diaryl/α,β-unsaturated/α-hetero) is 1. The monoisotopic (exact) mass is 340 g/mol. The highest BCUT2D eigenvalue weighted by atomic mass is 16.5. The molecule has 0 bridgehead atoms. The van der Waals surface area contributed by atoms with E-state index >= 15 is 0 Å². The molecule has 4 rings (SSSR count). The lowest BCUT2D eigenvalue weighted by Crippen LogP contribution is -2.18. The molecule has 4 heteroatoms. The molecule has 1 heterocycles. The van der Waals surface area contributed by atoms with Crippen LogP contribution in [0.2, 0.25) is 0 Å². The van der Waals surface area contributed by atoms with Crippen LogP contribution in [0.5, 0.6) is 0 Å². The zero-order valence-corrected chi connectivity index (χ0v) is 15.2. The van der Waals surface area contributed by atoms with Gasteiger partial charge >= 0.3 is 0 Å². The van der Waals surface area contributed by atoms with E-state index in [2.05, 4.69) is 17.8 Å². The molecular formula is C21H28N2O2. The van der Waals surface area contributed by atoms with E-state index in [1.807, 2.05) is 12.1 Å². The number of carbonyl (C=O) groups excluding carboxylic acids is 1. The van der Waals surface area contributed by atoms with E-state index in [-0.39, 0.29) is 5.78 Å². The van der Waals surface area contributed by atoms with Crippen LogP contribution in [0.15, 0.2) is 18.3 Å². The molecule has 0 atom stereocenters. The first-order valence-corrected chi connectivity index (χ1v) is 9.78. The normalized spacial score (nSPS) is 17.8. The zero-order chi connectivity index (χ0) is 17.2. The standard InChI is InChI=1S/C21H28N2O2/c1-15-18(21(24)6-3-11-25-14-17-7-8-17)9-10-20-19(15)13-23(22-20)12-16-4-2-5-16/h9-10,13,16-17H,2-8,11-12,14H2,1H3. The molecule has 134 valence electrons. The van der Waals surface area contributed by atoms with Gasteiger partial charge in [-0.25, -0.2) is 0 Å². The minimum absolute atomic E-state index is 0.223. The summed E-state index contributed by atoms with van der Waals surface area (Å²) in [5.74, 6) is 1.80. The lowest BCUT2D eigenvalue weighted by Gasteiger charge is -2.24. The highest BCUT2D eigenvalue weighted by Crippen LogP contribution is 2.30. The molecule has 0 unspecified atom stereocenters. The van der Waals surface area contributed by atoms with Crippen molar-refractivity contribution in [1.82, 2.24) is 9.78 Å². The smallest absolute Gasteiger partial charge is 0.163 e. The first-order chi connectivity index (χ1) is 12.2. The highest BCUT2D eigenvalue weighted by molar-refractivity contribution is 6.01. The van der Waals surface area contributed by atoms with Crippen molar-refractivity contribution < 1.29 is 9.53 Å². The zero-order valence-electron chi connectivity index (χ0n) is 15.2. The van der Waals surface area contributed by atoms with E-state index in [9.17, 15) is 4.79 Å². The van der Waals surface area contributed by atoms with Gasteiger partial charge in [0, 0.05) is 43.3 Å². The molecular weight excluding hydrogens is 312 g/mol. The molecule has 1 aromatic heterocycles. The summed E-state index contributed by atoms with van der Waals surface area (Å²) in [5.41, 5.74) is 2.92. The van der Waals surface area contributed by atoms with Crippen LogP contribution in [0.1, 0.15) is 60.9 Å². The van der Waals surface area contributed by atoms with Gasteiger partial charge in [0.2, 0.25) is 0 Å². The van der Waals surface area contributed by atoms with Gasteiger partial charge in [-0.05, 0) is 68.6 Å². The van der Waals surface area contributed by atoms with Gasteiger partial charge in [-0.3, -0.25) is 9.48 Å². The van der Waals surface area contributed by atoms with Crippen molar-refractivity contribution in [3.8, 4) is 0 Å². The van der Waals surface area contributed by atoms with E-state index in [0.29, 0.717) is 13.0 Å². The second-order valence-corrected chi connectivity index (χ2v) is 7.86. The second-order valence-electron chi connectivity index (χ2n) is 7.86. The van der Waals surface area contributed by atoms with Crippen LogP contribution in [0, 0.1) is 18.8 Å². The summed E-state index contributed by atoms with van der Waals surface area (Å²) in [6, 6.07) is 3.95. The van der Waals surface area contributed by atoms with Crippen LogP contribution in [-0.4, -0.2) is 28.8 Å². The SMILES string of the molecule is Cc1c(C(=O)CCCOCC2CC2)ccc2nn(CC3CCC3)cc12. The summed E-state index contributed by atoms with van der Waals surface area (Å²) >= 11 is 0. The Morgan fingerprint density at radius 2 is 2.08 bits per heavy atom.